The molecule has 0 saturated carbocycles. The van der Waals surface area contributed by atoms with Crippen LogP contribution in [0.5, 0.6) is 0 Å². The van der Waals surface area contributed by atoms with Crippen molar-refractivity contribution < 1.29 is 28.2 Å². The van der Waals surface area contributed by atoms with Gasteiger partial charge in [0.25, 0.3) is 5.79 Å². The summed E-state index contributed by atoms with van der Waals surface area (Å²) >= 11 is 0. The van der Waals surface area contributed by atoms with E-state index in [9.17, 15) is 18.0 Å². The van der Waals surface area contributed by atoms with Gasteiger partial charge in [0.1, 0.15) is 5.78 Å². The summed E-state index contributed by atoms with van der Waals surface area (Å²) in [5.74, 6) is -4.83. The maximum Gasteiger partial charge on any atom is 0.443 e. The minimum atomic E-state index is -5.18. The number of rotatable bonds is 2. The Morgan fingerprint density at radius 3 is 1.82 bits per heavy atom. The van der Waals surface area contributed by atoms with E-state index < -0.39 is 24.2 Å². The first-order valence-corrected chi connectivity index (χ1v) is 2.68. The monoisotopic (exact) mass is 172 g/mol. The van der Waals surface area contributed by atoms with Gasteiger partial charge >= 0.3 is 6.18 Å². The Morgan fingerprint density at radius 2 is 1.73 bits per heavy atom. The molecule has 66 valence electrons. The third kappa shape index (κ3) is 2.85. The molecule has 0 atom stereocenters. The predicted molar refractivity (Wildman–Crippen MR) is 28.5 cm³/mol. The summed E-state index contributed by atoms with van der Waals surface area (Å²) < 4.78 is 34.6. The number of aliphatic hydroxyl groups is 2. The van der Waals surface area contributed by atoms with Gasteiger partial charge in [-0.05, 0) is 6.92 Å². The van der Waals surface area contributed by atoms with E-state index >= 15 is 0 Å². The molecule has 0 aromatic carbocycles. The van der Waals surface area contributed by atoms with Gasteiger partial charge in [0, 0.05) is 0 Å². The van der Waals surface area contributed by atoms with Gasteiger partial charge in [-0.15, -0.1) is 0 Å². The average Bonchev–Trinajstić information content (AvgIpc) is 1.56. The summed E-state index contributed by atoms with van der Waals surface area (Å²) in [5, 5.41) is 16.5. The van der Waals surface area contributed by atoms with Crippen molar-refractivity contribution in [3.63, 3.8) is 0 Å². The molecule has 0 saturated heterocycles. The molecular weight excluding hydrogens is 165 g/mol. The maximum absolute atomic E-state index is 11.5. The van der Waals surface area contributed by atoms with Crippen LogP contribution < -0.4 is 0 Å². The lowest BCUT2D eigenvalue weighted by atomic mass is 10.1. The van der Waals surface area contributed by atoms with Gasteiger partial charge in [-0.25, -0.2) is 0 Å². The van der Waals surface area contributed by atoms with Crippen LogP contribution in [0.15, 0.2) is 0 Å². The Kier molecular flexibility index (Phi) is 2.63. The lowest BCUT2D eigenvalue weighted by Gasteiger charge is -2.22. The van der Waals surface area contributed by atoms with Crippen molar-refractivity contribution >= 4 is 5.78 Å². The molecule has 0 aliphatic heterocycles. The molecule has 6 heteroatoms. The third-order valence-electron chi connectivity index (χ3n) is 0.949. The van der Waals surface area contributed by atoms with Gasteiger partial charge in [0.05, 0.1) is 6.42 Å². The van der Waals surface area contributed by atoms with Crippen molar-refractivity contribution in [1.82, 2.24) is 0 Å². The summed E-state index contributed by atoms with van der Waals surface area (Å²) in [6.07, 6.45) is -6.52. The van der Waals surface area contributed by atoms with Crippen LogP contribution in [0, 0.1) is 0 Å². The Balaban J connectivity index is 4.34. The zero-order valence-electron chi connectivity index (χ0n) is 5.64. The molecule has 0 rings (SSSR count). The molecule has 0 heterocycles. The van der Waals surface area contributed by atoms with Gasteiger partial charge in [0.2, 0.25) is 0 Å². The summed E-state index contributed by atoms with van der Waals surface area (Å²) in [5.41, 5.74) is 0. The van der Waals surface area contributed by atoms with Crippen molar-refractivity contribution in [3.8, 4) is 0 Å². The van der Waals surface area contributed by atoms with Crippen molar-refractivity contribution in [2.45, 2.75) is 25.3 Å². The lowest BCUT2D eigenvalue weighted by molar-refractivity contribution is -0.347. The van der Waals surface area contributed by atoms with Crippen LogP contribution in [0.25, 0.3) is 0 Å². The standard InChI is InChI=1S/C5H7F3O3/c1-3(9)2-4(10,11)5(6,7)8/h10-11H,2H2,1H3. The van der Waals surface area contributed by atoms with Crippen LogP contribution in [0.1, 0.15) is 13.3 Å². The zero-order valence-corrected chi connectivity index (χ0v) is 5.64. The highest BCUT2D eigenvalue weighted by atomic mass is 19.4. The normalized spacial score (nSPS) is 13.3. The van der Waals surface area contributed by atoms with Gasteiger partial charge in [-0.2, -0.15) is 13.2 Å². The first-order valence-electron chi connectivity index (χ1n) is 2.68. The highest BCUT2D eigenvalue weighted by Crippen LogP contribution is 2.30. The molecule has 3 nitrogen and oxygen atoms in total. The first-order chi connectivity index (χ1) is 4.67. The highest BCUT2D eigenvalue weighted by Gasteiger charge is 2.53. The second kappa shape index (κ2) is 2.78. The minimum absolute atomic E-state index is 0.840. The lowest BCUT2D eigenvalue weighted by Crippen LogP contribution is -2.46. The summed E-state index contributed by atoms with van der Waals surface area (Å²) in [6, 6.07) is 0. The smallest absolute Gasteiger partial charge is 0.358 e. The number of carbonyl (C=O) groups excluding carboxylic acids is 1. The summed E-state index contributed by atoms with van der Waals surface area (Å²) in [6.45, 7) is 0.840. The van der Waals surface area contributed by atoms with E-state index in [0.29, 0.717) is 0 Å². The second-order valence-corrected chi connectivity index (χ2v) is 2.19. The molecule has 0 aliphatic carbocycles. The molecule has 0 aliphatic rings. The van der Waals surface area contributed by atoms with Crippen molar-refractivity contribution in [1.29, 1.82) is 0 Å². The van der Waals surface area contributed by atoms with Crippen LogP contribution >= 0.6 is 0 Å². The first kappa shape index (κ1) is 10.4. The van der Waals surface area contributed by atoms with Crippen molar-refractivity contribution in [3.05, 3.63) is 0 Å². The highest BCUT2D eigenvalue weighted by molar-refractivity contribution is 5.76. The number of Topliss-reactive ketones (excluding diaryl/α,β-unsaturated/α-hetero) is 1. The Labute approximate surface area is 60.4 Å². The fourth-order valence-corrected chi connectivity index (χ4v) is 0.447. The fraction of sp³-hybridized carbons (Fsp3) is 0.800. The molecule has 0 amide bonds. The number of carbonyl (C=O) groups is 1. The molecule has 0 bridgehead atoms. The SMILES string of the molecule is CC(=O)CC(O)(O)C(F)(F)F. The van der Waals surface area contributed by atoms with Crippen molar-refractivity contribution in [2.75, 3.05) is 0 Å². The van der Waals surface area contributed by atoms with E-state index in [4.69, 9.17) is 10.2 Å². The van der Waals surface area contributed by atoms with Gasteiger partial charge in [0.15, 0.2) is 0 Å². The maximum atomic E-state index is 11.5. The second-order valence-electron chi connectivity index (χ2n) is 2.19. The Bertz CT molecular complexity index is 161. The van der Waals surface area contributed by atoms with E-state index in [1.165, 1.54) is 0 Å². The Morgan fingerprint density at radius 1 is 1.36 bits per heavy atom. The number of alkyl halides is 3. The number of hydrogen-bond donors (Lipinski definition) is 2. The van der Waals surface area contributed by atoms with Crippen LogP contribution in [0.4, 0.5) is 13.2 Å². The zero-order chi connectivity index (χ0) is 9.28. The summed E-state index contributed by atoms with van der Waals surface area (Å²) in [4.78, 5) is 10.1. The third-order valence-corrected chi connectivity index (χ3v) is 0.949. The number of hydrogen-bond acceptors (Lipinski definition) is 3. The molecule has 0 aromatic heterocycles. The topological polar surface area (TPSA) is 57.5 Å². The van der Waals surface area contributed by atoms with Crippen molar-refractivity contribution in [2.24, 2.45) is 0 Å². The predicted octanol–water partition coefficient (Wildman–Crippen LogP) is 0.209. The number of halogens is 3. The van der Waals surface area contributed by atoms with Crippen LogP contribution in [-0.4, -0.2) is 28.0 Å². The molecule has 11 heavy (non-hydrogen) atoms. The Hall–Kier alpha value is -0.620. The minimum Gasteiger partial charge on any atom is -0.358 e. The molecule has 0 unspecified atom stereocenters. The van der Waals surface area contributed by atoms with Gasteiger partial charge in [-0.3, -0.25) is 4.79 Å². The van der Waals surface area contributed by atoms with E-state index in [-0.39, 0.29) is 0 Å². The molecule has 0 aromatic rings. The largest absolute Gasteiger partial charge is 0.443 e. The average molecular weight is 172 g/mol. The van der Waals surface area contributed by atoms with E-state index in [1.54, 1.807) is 0 Å². The van der Waals surface area contributed by atoms with Gasteiger partial charge < -0.3 is 10.2 Å². The van der Waals surface area contributed by atoms with E-state index in [1.807, 2.05) is 0 Å². The van der Waals surface area contributed by atoms with Crippen LogP contribution in [0.2, 0.25) is 0 Å². The van der Waals surface area contributed by atoms with Crippen LogP contribution in [-0.2, 0) is 4.79 Å². The van der Waals surface area contributed by atoms with Gasteiger partial charge in [-0.1, -0.05) is 0 Å². The number of ketones is 1. The molecule has 0 radical (unpaired) electrons. The fourth-order valence-electron chi connectivity index (χ4n) is 0.447. The molecular formula is C5H7F3O3. The van der Waals surface area contributed by atoms with Crippen LogP contribution in [0.3, 0.4) is 0 Å². The quantitative estimate of drug-likeness (QED) is 0.585. The molecule has 0 spiro atoms. The summed E-state index contributed by atoms with van der Waals surface area (Å²) in [7, 11) is 0. The van der Waals surface area contributed by atoms with E-state index in [2.05, 4.69) is 0 Å². The molecule has 2 N–H and O–H groups in total. The van der Waals surface area contributed by atoms with E-state index in [0.717, 1.165) is 6.92 Å². The molecule has 0 fully saturated rings.